The number of benzene rings is 4. The van der Waals surface area contributed by atoms with E-state index in [2.05, 4.69) is 66.2 Å². The minimum atomic E-state index is 0.0818. The molecule has 1 aliphatic rings. The van der Waals surface area contributed by atoms with E-state index in [0.717, 1.165) is 12.1 Å². The van der Waals surface area contributed by atoms with Gasteiger partial charge in [-0.3, -0.25) is 4.79 Å². The lowest BCUT2D eigenvalue weighted by molar-refractivity contribution is -0.553. The van der Waals surface area contributed by atoms with Gasteiger partial charge in [0.1, 0.15) is 0 Å². The predicted molar refractivity (Wildman–Crippen MR) is 93.2 cm³/mol. The Kier molecular flexibility index (Phi) is 2.48. The molecule has 0 saturated carbocycles. The van der Waals surface area contributed by atoms with Crippen molar-refractivity contribution in [3.8, 4) is 0 Å². The minimum Gasteiger partial charge on any atom is -0.269 e. The lowest BCUT2D eigenvalue weighted by Crippen LogP contribution is -2.25. The molecular weight excluding hydrogens is 284 g/mol. The van der Waals surface area contributed by atoms with Crippen LogP contribution in [0.1, 0.15) is 12.0 Å². The SMILES string of the molecule is O=C1CC/[N+](=C/c2cc3cccc4ccc5cccc2c5c43)N1. The van der Waals surface area contributed by atoms with E-state index in [1.54, 1.807) is 0 Å². The molecule has 0 aromatic heterocycles. The molecule has 0 atom stereocenters. The van der Waals surface area contributed by atoms with E-state index >= 15 is 0 Å². The van der Waals surface area contributed by atoms with Crippen molar-refractivity contribution < 1.29 is 9.48 Å². The number of nitrogens with one attached hydrogen (secondary N) is 1. The predicted octanol–water partition coefficient (Wildman–Crippen LogP) is 3.45. The Balaban J connectivity index is 1.90. The number of hydrogen-bond acceptors (Lipinski definition) is 1. The second-order valence-corrected chi connectivity index (χ2v) is 6.12. The molecular formula is C20H15N2O+. The number of nitrogens with zero attached hydrogens (tertiary/aromatic N) is 1. The van der Waals surface area contributed by atoms with Crippen LogP contribution in [0.5, 0.6) is 0 Å². The topological polar surface area (TPSA) is 32.1 Å². The molecule has 4 aromatic carbocycles. The van der Waals surface area contributed by atoms with E-state index in [1.165, 1.54) is 32.3 Å². The Morgan fingerprint density at radius 1 is 0.913 bits per heavy atom. The van der Waals surface area contributed by atoms with E-state index in [0.29, 0.717) is 6.42 Å². The Labute approximate surface area is 133 Å². The Hall–Kier alpha value is -2.94. The normalized spacial score (nSPS) is 16.9. The molecule has 0 unspecified atom stereocenters. The van der Waals surface area contributed by atoms with Crippen LogP contribution in [0.15, 0.2) is 54.6 Å². The van der Waals surface area contributed by atoms with Crippen LogP contribution in [0.25, 0.3) is 32.3 Å². The van der Waals surface area contributed by atoms with Gasteiger partial charge < -0.3 is 0 Å². The summed E-state index contributed by atoms with van der Waals surface area (Å²) < 4.78 is 1.89. The van der Waals surface area contributed by atoms with Crippen LogP contribution in [0, 0.1) is 0 Å². The number of hydrogen-bond donors (Lipinski definition) is 1. The first kappa shape index (κ1) is 12.6. The summed E-state index contributed by atoms with van der Waals surface area (Å²) in [6.45, 7) is 0.720. The van der Waals surface area contributed by atoms with E-state index < -0.39 is 0 Å². The van der Waals surface area contributed by atoms with Crippen LogP contribution < -0.4 is 5.43 Å². The van der Waals surface area contributed by atoms with Gasteiger partial charge in [0.15, 0.2) is 6.54 Å². The van der Waals surface area contributed by atoms with Crippen LogP contribution >= 0.6 is 0 Å². The number of rotatable bonds is 1. The molecule has 1 saturated heterocycles. The lowest BCUT2D eigenvalue weighted by atomic mass is 9.92. The maximum atomic E-state index is 11.4. The van der Waals surface area contributed by atoms with Gasteiger partial charge in [0.05, 0.1) is 6.42 Å². The summed E-state index contributed by atoms with van der Waals surface area (Å²) in [6, 6.07) is 19.4. The Bertz CT molecular complexity index is 1110. The van der Waals surface area contributed by atoms with Crippen molar-refractivity contribution in [2.45, 2.75) is 6.42 Å². The van der Waals surface area contributed by atoms with E-state index in [4.69, 9.17) is 0 Å². The number of amides is 1. The molecule has 0 radical (unpaired) electrons. The molecule has 1 aliphatic heterocycles. The van der Waals surface area contributed by atoms with Gasteiger partial charge in [-0.2, -0.15) is 0 Å². The molecule has 23 heavy (non-hydrogen) atoms. The third kappa shape index (κ3) is 1.83. The average Bonchev–Trinajstić information content (AvgIpc) is 2.98. The fourth-order valence-corrected chi connectivity index (χ4v) is 3.66. The number of hydrazine groups is 1. The summed E-state index contributed by atoms with van der Waals surface area (Å²) >= 11 is 0. The van der Waals surface area contributed by atoms with Crippen molar-refractivity contribution in [3.63, 3.8) is 0 Å². The monoisotopic (exact) mass is 299 g/mol. The van der Waals surface area contributed by atoms with Crippen molar-refractivity contribution >= 4 is 44.4 Å². The summed E-state index contributed by atoms with van der Waals surface area (Å²) in [5.74, 6) is 0.0818. The molecule has 110 valence electrons. The fourth-order valence-electron chi connectivity index (χ4n) is 3.66. The van der Waals surface area contributed by atoms with Crippen LogP contribution in [-0.4, -0.2) is 23.4 Å². The van der Waals surface area contributed by atoms with Gasteiger partial charge in [-0.05, 0) is 38.4 Å². The highest BCUT2D eigenvalue weighted by atomic mass is 16.2. The van der Waals surface area contributed by atoms with Gasteiger partial charge >= 0.3 is 0 Å². The summed E-state index contributed by atoms with van der Waals surface area (Å²) in [5.41, 5.74) is 4.02. The van der Waals surface area contributed by atoms with Gasteiger partial charge in [-0.1, -0.05) is 48.5 Å². The van der Waals surface area contributed by atoms with Crippen molar-refractivity contribution in [2.75, 3.05) is 6.54 Å². The fraction of sp³-hybridized carbons (Fsp3) is 0.100. The van der Waals surface area contributed by atoms with Gasteiger partial charge in [-0.15, -0.1) is 10.1 Å². The van der Waals surface area contributed by atoms with Crippen molar-refractivity contribution in [2.24, 2.45) is 0 Å². The smallest absolute Gasteiger partial charge is 0.269 e. The highest BCUT2D eigenvalue weighted by Crippen LogP contribution is 2.35. The maximum Gasteiger partial charge on any atom is 0.280 e. The molecule has 3 heteroatoms. The molecule has 1 fully saturated rings. The Morgan fingerprint density at radius 3 is 2.43 bits per heavy atom. The molecule has 5 rings (SSSR count). The first-order valence-corrected chi connectivity index (χ1v) is 7.87. The summed E-state index contributed by atoms with van der Waals surface area (Å²) in [5, 5.41) is 7.62. The number of carbonyl (C=O) groups excluding carboxylic acids is 1. The molecule has 1 amide bonds. The van der Waals surface area contributed by atoms with Crippen molar-refractivity contribution in [1.82, 2.24) is 5.43 Å². The Morgan fingerprint density at radius 2 is 1.65 bits per heavy atom. The van der Waals surface area contributed by atoms with Crippen molar-refractivity contribution in [3.05, 3.63) is 60.2 Å². The van der Waals surface area contributed by atoms with Gasteiger partial charge in [0.2, 0.25) is 6.21 Å². The first-order valence-electron chi connectivity index (χ1n) is 7.87. The van der Waals surface area contributed by atoms with Crippen LogP contribution in [0.4, 0.5) is 0 Å². The van der Waals surface area contributed by atoms with Gasteiger partial charge in [0, 0.05) is 5.56 Å². The van der Waals surface area contributed by atoms with E-state index in [1.807, 2.05) is 4.68 Å². The number of hydrazone groups is 1. The molecule has 0 aliphatic carbocycles. The van der Waals surface area contributed by atoms with E-state index in [-0.39, 0.29) is 5.91 Å². The molecule has 4 aromatic rings. The first-order chi connectivity index (χ1) is 11.3. The van der Waals surface area contributed by atoms with E-state index in [9.17, 15) is 4.79 Å². The highest BCUT2D eigenvalue weighted by Gasteiger charge is 2.21. The second kappa shape index (κ2) is 4.53. The quantitative estimate of drug-likeness (QED) is 0.424. The largest absolute Gasteiger partial charge is 0.280 e. The molecule has 1 heterocycles. The highest BCUT2D eigenvalue weighted by molar-refractivity contribution is 6.25. The standard InChI is InChI=1S/C20H14N2O/c23-18-9-10-22(21-18)12-16-11-15-5-1-3-13-7-8-14-4-2-6-17(16)20(14)19(13)15/h1-8,11-12H,9-10H2/p+1/b22-12-. The number of carbonyl (C=O) groups is 1. The molecule has 0 spiro atoms. The minimum absolute atomic E-state index is 0.0818. The average molecular weight is 299 g/mol. The zero-order valence-electron chi connectivity index (χ0n) is 12.5. The molecule has 3 nitrogen and oxygen atoms in total. The summed E-state index contributed by atoms with van der Waals surface area (Å²) in [6.07, 6.45) is 2.61. The second-order valence-electron chi connectivity index (χ2n) is 6.12. The summed E-state index contributed by atoms with van der Waals surface area (Å²) in [7, 11) is 0. The zero-order chi connectivity index (χ0) is 15.4. The van der Waals surface area contributed by atoms with Crippen LogP contribution in [-0.2, 0) is 4.79 Å². The maximum absolute atomic E-state index is 11.4. The van der Waals surface area contributed by atoms with Gasteiger partial charge in [-0.25, -0.2) is 0 Å². The third-order valence-corrected chi connectivity index (χ3v) is 4.68. The van der Waals surface area contributed by atoms with Crippen LogP contribution in [0.3, 0.4) is 0 Å². The molecule has 0 bridgehead atoms. The molecule has 1 N–H and O–H groups in total. The zero-order valence-corrected chi connectivity index (χ0v) is 12.5. The van der Waals surface area contributed by atoms with Gasteiger partial charge in [0.25, 0.3) is 5.91 Å². The lowest BCUT2D eigenvalue weighted by Gasteiger charge is -2.12. The van der Waals surface area contributed by atoms with Crippen molar-refractivity contribution in [1.29, 1.82) is 0 Å². The van der Waals surface area contributed by atoms with Crippen LogP contribution in [0.2, 0.25) is 0 Å². The third-order valence-electron chi connectivity index (χ3n) is 4.68. The summed E-state index contributed by atoms with van der Waals surface area (Å²) in [4.78, 5) is 11.4.